The summed E-state index contributed by atoms with van der Waals surface area (Å²) in [7, 11) is -3.49. The van der Waals surface area contributed by atoms with Crippen LogP contribution in [0.3, 0.4) is 0 Å². The van der Waals surface area contributed by atoms with Gasteiger partial charge in [0.2, 0.25) is 10.0 Å². The Bertz CT molecular complexity index is 846. The van der Waals surface area contributed by atoms with Crippen molar-refractivity contribution in [1.29, 1.82) is 0 Å². The van der Waals surface area contributed by atoms with E-state index in [2.05, 4.69) is 10.3 Å². The molecule has 1 aromatic heterocycles. The minimum Gasteiger partial charge on any atom is -0.340 e. The second-order valence-corrected chi connectivity index (χ2v) is 7.36. The average Bonchev–Trinajstić information content (AvgIpc) is 3.11. The van der Waals surface area contributed by atoms with Crippen LogP contribution in [-0.4, -0.2) is 35.7 Å². The SMILES string of the molecule is O=[N+]([O-])c1cccc(Nc2ccc(S(=O)(=O)N3CCCC3)cn2)c1. The highest BCUT2D eigenvalue weighted by Gasteiger charge is 2.27. The molecule has 126 valence electrons. The standard InChI is InChI=1S/C15H16N4O4S/c20-19(21)13-5-3-4-12(10-13)17-15-7-6-14(11-16-15)24(22,23)18-8-1-2-9-18/h3-7,10-11H,1-2,8-9H2,(H,16,17). The Morgan fingerprint density at radius 2 is 1.92 bits per heavy atom. The number of nitrogens with zero attached hydrogens (tertiary/aromatic N) is 3. The number of anilines is 2. The van der Waals surface area contributed by atoms with Gasteiger partial charge in [-0.1, -0.05) is 6.07 Å². The number of nitrogens with one attached hydrogen (secondary N) is 1. The maximum Gasteiger partial charge on any atom is 0.271 e. The lowest BCUT2D eigenvalue weighted by molar-refractivity contribution is -0.384. The summed E-state index contributed by atoms with van der Waals surface area (Å²) in [5.74, 6) is 0.413. The Labute approximate surface area is 139 Å². The first-order valence-electron chi connectivity index (χ1n) is 7.44. The van der Waals surface area contributed by atoms with Crippen LogP contribution in [0.15, 0.2) is 47.5 Å². The van der Waals surface area contributed by atoms with Gasteiger partial charge in [0, 0.05) is 37.1 Å². The highest BCUT2D eigenvalue weighted by atomic mass is 32.2. The van der Waals surface area contributed by atoms with E-state index in [0.717, 1.165) is 12.8 Å². The summed E-state index contributed by atoms with van der Waals surface area (Å²) < 4.78 is 26.3. The lowest BCUT2D eigenvalue weighted by atomic mass is 10.3. The number of benzene rings is 1. The van der Waals surface area contributed by atoms with Crippen molar-refractivity contribution in [3.05, 3.63) is 52.7 Å². The summed E-state index contributed by atoms with van der Waals surface area (Å²) in [5, 5.41) is 13.7. The average molecular weight is 348 g/mol. The van der Waals surface area contributed by atoms with Crippen molar-refractivity contribution in [2.75, 3.05) is 18.4 Å². The number of aromatic nitrogens is 1. The molecule has 0 atom stereocenters. The lowest BCUT2D eigenvalue weighted by Crippen LogP contribution is -2.27. The molecule has 1 aromatic carbocycles. The van der Waals surface area contributed by atoms with E-state index in [0.29, 0.717) is 24.6 Å². The van der Waals surface area contributed by atoms with Gasteiger partial charge in [-0.15, -0.1) is 0 Å². The molecule has 0 aliphatic carbocycles. The van der Waals surface area contributed by atoms with Crippen LogP contribution in [0.1, 0.15) is 12.8 Å². The molecule has 1 N–H and O–H groups in total. The van der Waals surface area contributed by atoms with E-state index < -0.39 is 14.9 Å². The van der Waals surface area contributed by atoms with Crippen LogP contribution in [0, 0.1) is 10.1 Å². The van der Waals surface area contributed by atoms with E-state index in [-0.39, 0.29) is 10.6 Å². The van der Waals surface area contributed by atoms with E-state index in [4.69, 9.17) is 0 Å². The van der Waals surface area contributed by atoms with Crippen LogP contribution in [0.5, 0.6) is 0 Å². The van der Waals surface area contributed by atoms with E-state index in [1.165, 1.54) is 28.7 Å². The molecule has 2 aromatic rings. The zero-order valence-electron chi connectivity index (χ0n) is 12.8. The molecule has 0 spiro atoms. The number of nitro benzene ring substituents is 1. The third kappa shape index (κ3) is 3.36. The summed E-state index contributed by atoms with van der Waals surface area (Å²) >= 11 is 0. The van der Waals surface area contributed by atoms with Crippen molar-refractivity contribution in [3.63, 3.8) is 0 Å². The van der Waals surface area contributed by atoms with Gasteiger partial charge in [-0.05, 0) is 31.0 Å². The van der Waals surface area contributed by atoms with Crippen LogP contribution in [0.25, 0.3) is 0 Å². The molecular formula is C15H16N4O4S. The maximum atomic E-state index is 12.4. The van der Waals surface area contributed by atoms with Gasteiger partial charge >= 0.3 is 0 Å². The van der Waals surface area contributed by atoms with Crippen molar-refractivity contribution in [2.45, 2.75) is 17.7 Å². The Morgan fingerprint density at radius 1 is 1.17 bits per heavy atom. The Morgan fingerprint density at radius 3 is 2.54 bits per heavy atom. The molecule has 1 aliphatic rings. The molecule has 0 saturated carbocycles. The van der Waals surface area contributed by atoms with Crippen LogP contribution < -0.4 is 5.32 Å². The normalized spacial score (nSPS) is 15.3. The Hall–Kier alpha value is -2.52. The van der Waals surface area contributed by atoms with E-state index >= 15 is 0 Å². The molecule has 1 saturated heterocycles. The molecule has 1 fully saturated rings. The van der Waals surface area contributed by atoms with Crippen LogP contribution in [0.4, 0.5) is 17.2 Å². The molecule has 0 amide bonds. The molecular weight excluding hydrogens is 332 g/mol. The lowest BCUT2D eigenvalue weighted by Gasteiger charge is -2.15. The van der Waals surface area contributed by atoms with Gasteiger partial charge in [0.25, 0.3) is 5.69 Å². The summed E-state index contributed by atoms with van der Waals surface area (Å²) in [5.41, 5.74) is 0.472. The van der Waals surface area contributed by atoms with Gasteiger partial charge in [-0.3, -0.25) is 10.1 Å². The number of hydrogen-bond acceptors (Lipinski definition) is 6. The first kappa shape index (κ1) is 16.3. The second kappa shape index (κ2) is 6.54. The van der Waals surface area contributed by atoms with Crippen molar-refractivity contribution in [1.82, 2.24) is 9.29 Å². The topological polar surface area (TPSA) is 105 Å². The van der Waals surface area contributed by atoms with Gasteiger partial charge in [-0.2, -0.15) is 4.31 Å². The minimum absolute atomic E-state index is 0.0340. The Balaban J connectivity index is 1.77. The van der Waals surface area contributed by atoms with Gasteiger partial charge in [0.15, 0.2) is 0 Å². The van der Waals surface area contributed by atoms with Gasteiger partial charge in [0.05, 0.1) is 4.92 Å². The van der Waals surface area contributed by atoms with Crippen molar-refractivity contribution < 1.29 is 13.3 Å². The van der Waals surface area contributed by atoms with Gasteiger partial charge in [0.1, 0.15) is 10.7 Å². The molecule has 9 heteroatoms. The number of rotatable bonds is 5. The van der Waals surface area contributed by atoms with E-state index in [1.54, 1.807) is 18.2 Å². The minimum atomic E-state index is -3.49. The monoisotopic (exact) mass is 348 g/mol. The van der Waals surface area contributed by atoms with Gasteiger partial charge in [-0.25, -0.2) is 13.4 Å². The third-order valence-electron chi connectivity index (χ3n) is 3.77. The number of nitro groups is 1. The molecule has 8 nitrogen and oxygen atoms in total. The molecule has 3 rings (SSSR count). The smallest absolute Gasteiger partial charge is 0.271 e. The van der Waals surface area contributed by atoms with Crippen molar-refractivity contribution in [2.24, 2.45) is 0 Å². The quantitative estimate of drug-likeness (QED) is 0.657. The molecule has 0 bridgehead atoms. The number of hydrogen-bond donors (Lipinski definition) is 1. The largest absolute Gasteiger partial charge is 0.340 e. The third-order valence-corrected chi connectivity index (χ3v) is 5.65. The van der Waals surface area contributed by atoms with Crippen LogP contribution >= 0.6 is 0 Å². The fourth-order valence-electron chi connectivity index (χ4n) is 2.53. The van der Waals surface area contributed by atoms with Crippen LogP contribution in [0.2, 0.25) is 0 Å². The fourth-order valence-corrected chi connectivity index (χ4v) is 3.99. The van der Waals surface area contributed by atoms with Crippen LogP contribution in [-0.2, 0) is 10.0 Å². The fraction of sp³-hybridized carbons (Fsp3) is 0.267. The predicted molar refractivity (Wildman–Crippen MR) is 88.6 cm³/mol. The number of sulfonamides is 1. The molecule has 24 heavy (non-hydrogen) atoms. The van der Waals surface area contributed by atoms with Crippen molar-refractivity contribution in [3.8, 4) is 0 Å². The first-order chi connectivity index (χ1) is 11.5. The zero-order chi connectivity index (χ0) is 17.2. The highest BCUT2D eigenvalue weighted by molar-refractivity contribution is 7.89. The van der Waals surface area contributed by atoms with Crippen molar-refractivity contribution >= 4 is 27.2 Å². The second-order valence-electron chi connectivity index (χ2n) is 5.42. The molecule has 0 unspecified atom stereocenters. The summed E-state index contributed by atoms with van der Waals surface area (Å²) in [6.07, 6.45) is 3.05. The summed E-state index contributed by atoms with van der Waals surface area (Å²) in [4.78, 5) is 14.5. The molecule has 2 heterocycles. The van der Waals surface area contributed by atoms with E-state index in [9.17, 15) is 18.5 Å². The molecule has 1 aliphatic heterocycles. The zero-order valence-corrected chi connectivity index (χ0v) is 13.6. The van der Waals surface area contributed by atoms with Gasteiger partial charge < -0.3 is 5.32 Å². The number of pyridine rings is 1. The summed E-state index contributed by atoms with van der Waals surface area (Å²) in [6, 6.07) is 9.04. The number of non-ortho nitro benzene ring substituents is 1. The summed E-state index contributed by atoms with van der Waals surface area (Å²) in [6.45, 7) is 1.08. The first-order valence-corrected chi connectivity index (χ1v) is 8.88. The maximum absolute atomic E-state index is 12.4. The predicted octanol–water partition coefficient (Wildman–Crippen LogP) is 2.52. The van der Waals surface area contributed by atoms with E-state index in [1.807, 2.05) is 0 Å². The highest BCUT2D eigenvalue weighted by Crippen LogP contribution is 2.23. The molecule has 0 radical (unpaired) electrons. The Kier molecular flexibility index (Phi) is 4.45.